The van der Waals surface area contributed by atoms with Crippen molar-refractivity contribution >= 4 is 0 Å². The first-order valence-corrected chi connectivity index (χ1v) is 5.78. The molecule has 0 radical (unpaired) electrons. The topological polar surface area (TPSA) is 41.1 Å². The predicted octanol–water partition coefficient (Wildman–Crippen LogP) is 0.862. The Bertz CT molecular complexity index is 353. The lowest BCUT2D eigenvalue weighted by Crippen LogP contribution is -2.44. The average Bonchev–Trinajstić information content (AvgIpc) is 2.38. The fourth-order valence-corrected chi connectivity index (χ4v) is 1.86. The van der Waals surface area contributed by atoms with Gasteiger partial charge < -0.3 is 10.2 Å². The van der Waals surface area contributed by atoms with Crippen LogP contribution in [-0.2, 0) is 6.42 Å². The van der Waals surface area contributed by atoms with E-state index >= 15 is 0 Å². The molecule has 1 fully saturated rings. The molecule has 2 rings (SSSR count). The van der Waals surface area contributed by atoms with Crippen LogP contribution in [0.3, 0.4) is 0 Å². The van der Waals surface area contributed by atoms with Gasteiger partial charge in [-0.1, -0.05) is 0 Å². The summed E-state index contributed by atoms with van der Waals surface area (Å²) in [6, 6.07) is 0. The average molecular weight is 242 g/mol. The first-order chi connectivity index (χ1) is 8.25. The lowest BCUT2D eigenvalue weighted by molar-refractivity contribution is 0.145. The van der Waals surface area contributed by atoms with Crippen LogP contribution in [0.1, 0.15) is 17.8 Å². The number of nitrogens with zero attached hydrogens (tertiary/aromatic N) is 3. The molecule has 0 atom stereocenters. The van der Waals surface area contributed by atoms with Gasteiger partial charge in [0.15, 0.2) is 0 Å². The highest BCUT2D eigenvalue weighted by Crippen LogP contribution is 2.15. The third-order valence-corrected chi connectivity index (χ3v) is 2.82. The summed E-state index contributed by atoms with van der Waals surface area (Å²) >= 11 is 0. The molecule has 1 aliphatic heterocycles. The van der Waals surface area contributed by atoms with Gasteiger partial charge in [-0.3, -0.25) is 4.98 Å². The largest absolute Gasteiger partial charge is 0.314 e. The number of nitrogens with one attached hydrogen (secondary N) is 1. The zero-order valence-electron chi connectivity index (χ0n) is 9.57. The molecule has 2 heterocycles. The number of aromatic nitrogens is 2. The highest BCUT2D eigenvalue weighted by atomic mass is 19.3. The molecule has 0 saturated carbocycles. The van der Waals surface area contributed by atoms with Gasteiger partial charge in [-0.15, -0.1) is 0 Å². The van der Waals surface area contributed by atoms with E-state index in [-0.39, 0.29) is 5.69 Å². The third-order valence-electron chi connectivity index (χ3n) is 2.82. The molecule has 17 heavy (non-hydrogen) atoms. The Morgan fingerprint density at radius 1 is 1.29 bits per heavy atom. The van der Waals surface area contributed by atoms with Crippen LogP contribution < -0.4 is 5.32 Å². The molecular weight excluding hydrogens is 226 g/mol. The van der Waals surface area contributed by atoms with E-state index < -0.39 is 6.43 Å². The molecule has 1 aliphatic rings. The van der Waals surface area contributed by atoms with Crippen molar-refractivity contribution in [2.45, 2.75) is 12.8 Å². The molecule has 0 spiro atoms. The van der Waals surface area contributed by atoms with Crippen LogP contribution in [0.2, 0.25) is 0 Å². The van der Waals surface area contributed by atoms with E-state index in [0.29, 0.717) is 12.1 Å². The molecule has 0 unspecified atom stereocenters. The van der Waals surface area contributed by atoms with Crippen molar-refractivity contribution in [1.29, 1.82) is 0 Å². The standard InChI is InChI=1S/C11H16F2N4/c12-11(13)10-8-15-7-9(16-10)1-4-17-5-2-14-3-6-17/h7-8,11,14H,1-6H2. The van der Waals surface area contributed by atoms with Crippen LogP contribution >= 0.6 is 0 Å². The molecule has 6 heteroatoms. The van der Waals surface area contributed by atoms with Gasteiger partial charge in [0.05, 0.1) is 11.9 Å². The highest BCUT2D eigenvalue weighted by Gasteiger charge is 2.12. The van der Waals surface area contributed by atoms with Crippen LogP contribution in [-0.4, -0.2) is 47.6 Å². The maximum absolute atomic E-state index is 12.4. The number of hydrogen-bond acceptors (Lipinski definition) is 4. The lowest BCUT2D eigenvalue weighted by Gasteiger charge is -2.26. The molecule has 1 aromatic heterocycles. The SMILES string of the molecule is FC(F)c1cncc(CCN2CCNCC2)n1. The van der Waals surface area contributed by atoms with E-state index in [1.807, 2.05) is 0 Å². The quantitative estimate of drug-likeness (QED) is 0.850. The molecular formula is C11H16F2N4. The lowest BCUT2D eigenvalue weighted by atomic mass is 10.2. The van der Waals surface area contributed by atoms with E-state index in [1.165, 1.54) is 0 Å². The van der Waals surface area contributed by atoms with Gasteiger partial charge >= 0.3 is 0 Å². The van der Waals surface area contributed by atoms with Crippen LogP contribution in [0.4, 0.5) is 8.78 Å². The summed E-state index contributed by atoms with van der Waals surface area (Å²) in [5, 5.41) is 3.27. The fraction of sp³-hybridized carbons (Fsp3) is 0.636. The van der Waals surface area contributed by atoms with E-state index in [4.69, 9.17) is 0 Å². The smallest absolute Gasteiger partial charge is 0.281 e. The van der Waals surface area contributed by atoms with Crippen molar-refractivity contribution in [3.8, 4) is 0 Å². The second-order valence-corrected chi connectivity index (χ2v) is 4.08. The second-order valence-electron chi connectivity index (χ2n) is 4.08. The molecule has 1 saturated heterocycles. The van der Waals surface area contributed by atoms with E-state index in [0.717, 1.165) is 38.9 Å². The Kier molecular flexibility index (Phi) is 4.33. The summed E-state index contributed by atoms with van der Waals surface area (Å²) in [5.41, 5.74) is 0.407. The monoisotopic (exact) mass is 242 g/mol. The van der Waals surface area contributed by atoms with Gasteiger partial charge in [-0.2, -0.15) is 0 Å². The number of rotatable bonds is 4. The van der Waals surface area contributed by atoms with Gasteiger partial charge in [-0.25, -0.2) is 13.8 Å². The van der Waals surface area contributed by atoms with E-state index in [9.17, 15) is 8.78 Å². The summed E-state index contributed by atoms with van der Waals surface area (Å²) in [4.78, 5) is 10.00. The van der Waals surface area contributed by atoms with E-state index in [2.05, 4.69) is 20.2 Å². The van der Waals surface area contributed by atoms with Crippen molar-refractivity contribution in [3.05, 3.63) is 23.8 Å². The Morgan fingerprint density at radius 2 is 2.06 bits per heavy atom. The zero-order valence-corrected chi connectivity index (χ0v) is 9.57. The minimum Gasteiger partial charge on any atom is -0.314 e. The number of piperazine rings is 1. The van der Waals surface area contributed by atoms with Gasteiger partial charge in [0.1, 0.15) is 5.69 Å². The first kappa shape index (κ1) is 12.3. The molecule has 94 valence electrons. The molecule has 0 aliphatic carbocycles. The minimum atomic E-state index is -2.54. The summed E-state index contributed by atoms with van der Waals surface area (Å²) in [7, 11) is 0. The Labute approximate surface area is 99.1 Å². The van der Waals surface area contributed by atoms with Crippen molar-refractivity contribution in [3.63, 3.8) is 0 Å². The second kappa shape index (κ2) is 5.97. The van der Waals surface area contributed by atoms with Crippen LogP contribution in [0.15, 0.2) is 12.4 Å². The van der Waals surface area contributed by atoms with Gasteiger partial charge in [-0.05, 0) is 0 Å². The van der Waals surface area contributed by atoms with Gasteiger partial charge in [0, 0.05) is 45.3 Å². The predicted molar refractivity (Wildman–Crippen MR) is 60.0 cm³/mol. The maximum Gasteiger partial charge on any atom is 0.281 e. The van der Waals surface area contributed by atoms with Crippen molar-refractivity contribution in [2.75, 3.05) is 32.7 Å². The molecule has 1 N–H and O–H groups in total. The third kappa shape index (κ3) is 3.67. The summed E-state index contributed by atoms with van der Waals surface area (Å²) in [5.74, 6) is 0. The normalized spacial score (nSPS) is 17.6. The first-order valence-electron chi connectivity index (χ1n) is 5.78. The van der Waals surface area contributed by atoms with Gasteiger partial charge in [0.25, 0.3) is 6.43 Å². The fourth-order valence-electron chi connectivity index (χ4n) is 1.86. The van der Waals surface area contributed by atoms with Crippen LogP contribution in [0, 0.1) is 0 Å². The molecule has 0 aromatic carbocycles. The molecule has 1 aromatic rings. The summed E-state index contributed by atoms with van der Waals surface area (Å²) < 4.78 is 24.8. The summed E-state index contributed by atoms with van der Waals surface area (Å²) in [6.45, 7) is 4.83. The minimum absolute atomic E-state index is 0.234. The van der Waals surface area contributed by atoms with Crippen molar-refractivity contribution < 1.29 is 8.78 Å². The number of hydrogen-bond donors (Lipinski definition) is 1. The Morgan fingerprint density at radius 3 is 2.76 bits per heavy atom. The van der Waals surface area contributed by atoms with Crippen molar-refractivity contribution in [1.82, 2.24) is 20.2 Å². The van der Waals surface area contributed by atoms with Gasteiger partial charge in [0.2, 0.25) is 0 Å². The maximum atomic E-state index is 12.4. The molecule has 0 bridgehead atoms. The number of halogens is 2. The van der Waals surface area contributed by atoms with Crippen molar-refractivity contribution in [2.24, 2.45) is 0 Å². The molecule has 4 nitrogen and oxygen atoms in total. The number of alkyl halides is 2. The summed E-state index contributed by atoms with van der Waals surface area (Å²) in [6.07, 6.45) is 0.822. The Hall–Kier alpha value is -1.14. The molecule has 0 amide bonds. The zero-order chi connectivity index (χ0) is 12.1. The Balaban J connectivity index is 1.87. The van der Waals surface area contributed by atoms with E-state index in [1.54, 1.807) is 6.20 Å². The highest BCUT2D eigenvalue weighted by molar-refractivity contribution is 5.04. The van der Waals surface area contributed by atoms with Crippen LogP contribution in [0.25, 0.3) is 0 Å². The van der Waals surface area contributed by atoms with Crippen LogP contribution in [0.5, 0.6) is 0 Å².